The third-order valence-corrected chi connectivity index (χ3v) is 5.68. The van der Waals surface area contributed by atoms with Crippen molar-refractivity contribution in [3.8, 4) is 0 Å². The number of hydrogen-bond acceptors (Lipinski definition) is 3. The maximum Gasteiger partial charge on any atom is 0.0430 e. The van der Waals surface area contributed by atoms with Crippen LogP contribution in [0.4, 0.5) is 11.4 Å². The molecule has 4 rings (SSSR count). The van der Waals surface area contributed by atoms with Crippen LogP contribution in [-0.4, -0.2) is 19.6 Å². The van der Waals surface area contributed by atoms with Crippen molar-refractivity contribution in [2.24, 2.45) is 5.92 Å². The molecule has 3 aromatic rings. The van der Waals surface area contributed by atoms with E-state index >= 15 is 0 Å². The van der Waals surface area contributed by atoms with E-state index in [9.17, 15) is 0 Å². The van der Waals surface area contributed by atoms with Gasteiger partial charge in [-0.15, -0.1) is 0 Å². The molecule has 1 aliphatic heterocycles. The summed E-state index contributed by atoms with van der Waals surface area (Å²) in [6.45, 7) is 6.34. The van der Waals surface area contributed by atoms with E-state index in [1.54, 1.807) is 0 Å². The lowest BCUT2D eigenvalue weighted by atomic mass is 9.99. The van der Waals surface area contributed by atoms with Gasteiger partial charge in [0, 0.05) is 29.5 Å². The van der Waals surface area contributed by atoms with E-state index in [2.05, 4.69) is 53.5 Å². The summed E-state index contributed by atoms with van der Waals surface area (Å²) >= 11 is 5.91. The SMILES string of the molecule is CCN(Cc1cccc(N)c1)c1ccc(Cl)cc1.c1ccc(CC2CCNC2)cc1. The minimum atomic E-state index is 0.763. The van der Waals surface area contributed by atoms with Crippen LogP contribution in [0.5, 0.6) is 0 Å². The van der Waals surface area contributed by atoms with Crippen molar-refractivity contribution < 1.29 is 0 Å². The second-order valence-corrected chi connectivity index (χ2v) is 8.22. The Balaban J connectivity index is 0.000000184. The number of nitrogens with one attached hydrogen (secondary N) is 1. The number of nitrogens with zero attached hydrogens (tertiary/aromatic N) is 1. The first-order valence-corrected chi connectivity index (χ1v) is 11.1. The Labute approximate surface area is 185 Å². The van der Waals surface area contributed by atoms with Gasteiger partial charge in [-0.05, 0) is 86.3 Å². The molecule has 1 saturated heterocycles. The number of hydrogen-bond donors (Lipinski definition) is 2. The van der Waals surface area contributed by atoms with Crippen LogP contribution < -0.4 is 16.0 Å². The Morgan fingerprint density at radius 3 is 2.33 bits per heavy atom. The van der Waals surface area contributed by atoms with Crippen molar-refractivity contribution in [1.82, 2.24) is 5.32 Å². The predicted molar refractivity (Wildman–Crippen MR) is 130 cm³/mol. The monoisotopic (exact) mass is 421 g/mol. The van der Waals surface area contributed by atoms with Gasteiger partial charge >= 0.3 is 0 Å². The maximum absolute atomic E-state index is 5.91. The summed E-state index contributed by atoms with van der Waals surface area (Å²) in [6, 6.07) is 26.7. The Morgan fingerprint density at radius 1 is 0.967 bits per heavy atom. The van der Waals surface area contributed by atoms with E-state index in [-0.39, 0.29) is 0 Å². The van der Waals surface area contributed by atoms with E-state index in [4.69, 9.17) is 17.3 Å². The number of halogens is 1. The number of benzene rings is 3. The van der Waals surface area contributed by atoms with Gasteiger partial charge in [0.05, 0.1) is 0 Å². The molecule has 0 saturated carbocycles. The van der Waals surface area contributed by atoms with Gasteiger partial charge in [0.15, 0.2) is 0 Å². The smallest absolute Gasteiger partial charge is 0.0430 e. The molecule has 0 aliphatic carbocycles. The molecule has 4 heteroatoms. The highest BCUT2D eigenvalue weighted by molar-refractivity contribution is 6.30. The predicted octanol–water partition coefficient (Wildman–Crippen LogP) is 5.79. The number of nitrogen functional groups attached to an aromatic ring is 1. The van der Waals surface area contributed by atoms with Crippen LogP contribution in [0.1, 0.15) is 24.5 Å². The second-order valence-electron chi connectivity index (χ2n) is 7.78. The lowest BCUT2D eigenvalue weighted by Crippen LogP contribution is -2.21. The van der Waals surface area contributed by atoms with Crippen molar-refractivity contribution >= 4 is 23.0 Å². The molecular weight excluding hydrogens is 390 g/mol. The van der Waals surface area contributed by atoms with E-state index in [0.717, 1.165) is 29.7 Å². The molecule has 1 fully saturated rings. The van der Waals surface area contributed by atoms with Crippen LogP contribution in [0, 0.1) is 5.92 Å². The van der Waals surface area contributed by atoms with Crippen LogP contribution >= 0.6 is 11.6 Å². The van der Waals surface area contributed by atoms with Gasteiger partial charge in [-0.25, -0.2) is 0 Å². The van der Waals surface area contributed by atoms with Crippen LogP contribution in [0.3, 0.4) is 0 Å². The third-order valence-electron chi connectivity index (χ3n) is 5.43. The molecule has 30 heavy (non-hydrogen) atoms. The molecule has 0 radical (unpaired) electrons. The van der Waals surface area contributed by atoms with Crippen molar-refractivity contribution in [1.29, 1.82) is 0 Å². The summed E-state index contributed by atoms with van der Waals surface area (Å²) in [5.74, 6) is 0.868. The fourth-order valence-corrected chi connectivity index (χ4v) is 3.91. The Hall–Kier alpha value is -2.49. The minimum absolute atomic E-state index is 0.763. The first-order valence-electron chi connectivity index (χ1n) is 10.7. The number of anilines is 2. The molecule has 158 valence electrons. The van der Waals surface area contributed by atoms with Crippen molar-refractivity contribution in [2.75, 3.05) is 30.3 Å². The lowest BCUT2D eigenvalue weighted by Gasteiger charge is -2.23. The van der Waals surface area contributed by atoms with Crippen LogP contribution in [0.25, 0.3) is 0 Å². The summed E-state index contributed by atoms with van der Waals surface area (Å²) in [6.07, 6.45) is 2.59. The molecule has 1 unspecified atom stereocenters. The molecule has 3 aromatic carbocycles. The minimum Gasteiger partial charge on any atom is -0.399 e. The summed E-state index contributed by atoms with van der Waals surface area (Å²) in [7, 11) is 0. The fraction of sp³-hybridized carbons (Fsp3) is 0.308. The average Bonchev–Trinajstić information content (AvgIpc) is 3.27. The highest BCUT2D eigenvalue weighted by Crippen LogP contribution is 2.20. The second kappa shape index (κ2) is 11.6. The highest BCUT2D eigenvalue weighted by Gasteiger charge is 2.14. The average molecular weight is 422 g/mol. The Kier molecular flexibility index (Phi) is 8.61. The van der Waals surface area contributed by atoms with Crippen LogP contribution in [-0.2, 0) is 13.0 Å². The van der Waals surface area contributed by atoms with E-state index in [0.29, 0.717) is 0 Å². The molecule has 3 nitrogen and oxygen atoms in total. The number of nitrogens with two attached hydrogens (primary N) is 1. The largest absolute Gasteiger partial charge is 0.399 e. The Morgan fingerprint density at radius 2 is 1.70 bits per heavy atom. The standard InChI is InChI=1S/C15H17ClN2.C11H15N/c1-2-18(15-8-6-13(16)7-9-15)11-12-4-3-5-14(17)10-12;1-2-4-10(5-3-1)8-11-6-7-12-9-11/h3-10H,2,11,17H2,1H3;1-5,11-12H,6-9H2. The summed E-state index contributed by atoms with van der Waals surface area (Å²) in [5.41, 5.74) is 10.5. The molecule has 0 amide bonds. The third kappa shape index (κ3) is 7.08. The van der Waals surface area contributed by atoms with E-state index in [1.807, 2.05) is 42.5 Å². The van der Waals surface area contributed by atoms with Gasteiger partial charge in [0.2, 0.25) is 0 Å². The first-order chi connectivity index (χ1) is 14.6. The van der Waals surface area contributed by atoms with Gasteiger partial charge in [0.1, 0.15) is 0 Å². The summed E-state index contributed by atoms with van der Waals surface area (Å²) in [4.78, 5) is 2.28. The lowest BCUT2D eigenvalue weighted by molar-refractivity contribution is 0.580. The molecule has 3 N–H and O–H groups in total. The fourth-order valence-electron chi connectivity index (χ4n) is 3.79. The van der Waals surface area contributed by atoms with Gasteiger partial charge in [-0.2, -0.15) is 0 Å². The summed E-state index contributed by atoms with van der Waals surface area (Å²) in [5, 5.41) is 4.16. The van der Waals surface area contributed by atoms with E-state index in [1.165, 1.54) is 42.7 Å². The topological polar surface area (TPSA) is 41.3 Å². The normalized spacial score (nSPS) is 15.3. The molecule has 0 aromatic heterocycles. The van der Waals surface area contributed by atoms with Gasteiger partial charge in [-0.3, -0.25) is 0 Å². The Bertz CT molecular complexity index is 874. The van der Waals surface area contributed by atoms with Gasteiger partial charge in [-0.1, -0.05) is 54.1 Å². The van der Waals surface area contributed by atoms with E-state index < -0.39 is 0 Å². The molecule has 1 aliphatic rings. The molecule has 0 bridgehead atoms. The van der Waals surface area contributed by atoms with Crippen molar-refractivity contribution in [2.45, 2.75) is 26.3 Å². The molecule has 1 atom stereocenters. The number of rotatable bonds is 6. The van der Waals surface area contributed by atoms with Gasteiger partial charge in [0.25, 0.3) is 0 Å². The van der Waals surface area contributed by atoms with Gasteiger partial charge < -0.3 is 16.0 Å². The quantitative estimate of drug-likeness (QED) is 0.495. The zero-order chi connectivity index (χ0) is 21.2. The highest BCUT2D eigenvalue weighted by atomic mass is 35.5. The zero-order valence-corrected chi connectivity index (χ0v) is 18.5. The van der Waals surface area contributed by atoms with Crippen molar-refractivity contribution in [3.63, 3.8) is 0 Å². The molecule has 0 spiro atoms. The molecule has 1 heterocycles. The van der Waals surface area contributed by atoms with Crippen LogP contribution in [0.2, 0.25) is 5.02 Å². The summed E-state index contributed by atoms with van der Waals surface area (Å²) < 4.78 is 0. The maximum atomic E-state index is 5.91. The van der Waals surface area contributed by atoms with Crippen LogP contribution in [0.15, 0.2) is 78.9 Å². The van der Waals surface area contributed by atoms with Crippen molar-refractivity contribution in [3.05, 3.63) is 95.0 Å². The zero-order valence-electron chi connectivity index (χ0n) is 17.7. The first kappa shape index (κ1) is 22.2. The molecular formula is C26H32ClN3.